The van der Waals surface area contributed by atoms with Crippen LogP contribution in [0.25, 0.3) is 10.8 Å². The van der Waals surface area contributed by atoms with Gasteiger partial charge in [-0.25, -0.2) is 0 Å². The van der Waals surface area contributed by atoms with Gasteiger partial charge in [0.1, 0.15) is 5.75 Å². The van der Waals surface area contributed by atoms with E-state index in [0.29, 0.717) is 6.42 Å². The highest BCUT2D eigenvalue weighted by Gasteiger charge is 2.24. The van der Waals surface area contributed by atoms with Crippen LogP contribution in [0.1, 0.15) is 57.9 Å². The first-order valence-electron chi connectivity index (χ1n) is 9.20. The number of aliphatic hydroxyl groups excluding tert-OH is 1. The predicted molar refractivity (Wildman–Crippen MR) is 101 cm³/mol. The van der Waals surface area contributed by atoms with Gasteiger partial charge in [-0.05, 0) is 47.4 Å². The van der Waals surface area contributed by atoms with Crippen molar-refractivity contribution in [1.82, 2.24) is 0 Å². The van der Waals surface area contributed by atoms with Crippen LogP contribution < -0.4 is 10.5 Å². The third-order valence-corrected chi connectivity index (χ3v) is 4.82. The van der Waals surface area contributed by atoms with Crippen molar-refractivity contribution in [3.8, 4) is 5.75 Å². The van der Waals surface area contributed by atoms with Crippen LogP contribution >= 0.6 is 0 Å². The molecule has 0 aliphatic carbocycles. The Morgan fingerprint density at radius 2 is 1.67 bits per heavy atom. The molecule has 1 atom stereocenters. The minimum absolute atomic E-state index is 0.0474. The van der Waals surface area contributed by atoms with E-state index in [1.54, 1.807) is 0 Å². The summed E-state index contributed by atoms with van der Waals surface area (Å²) in [7, 11) is 0. The van der Waals surface area contributed by atoms with E-state index in [-0.39, 0.29) is 6.61 Å². The molecule has 0 radical (unpaired) electrons. The van der Waals surface area contributed by atoms with Crippen LogP contribution in [0, 0.1) is 0 Å². The SMILES string of the molecule is CCCCCCCOc1ccc2cc(C(N)(CC)CO)ccc2c1. The fourth-order valence-corrected chi connectivity index (χ4v) is 2.93. The molecule has 0 bridgehead atoms. The summed E-state index contributed by atoms with van der Waals surface area (Å²) in [4.78, 5) is 0. The molecule has 0 aromatic heterocycles. The number of unbranched alkanes of at least 4 members (excludes halogenated alkanes) is 4. The fraction of sp³-hybridized carbons (Fsp3) is 0.524. The number of rotatable bonds is 10. The highest BCUT2D eigenvalue weighted by atomic mass is 16.5. The molecule has 1 unspecified atom stereocenters. The van der Waals surface area contributed by atoms with Crippen molar-refractivity contribution in [2.24, 2.45) is 5.73 Å². The van der Waals surface area contributed by atoms with Crippen LogP contribution in [0.3, 0.4) is 0 Å². The Hall–Kier alpha value is -1.58. The maximum Gasteiger partial charge on any atom is 0.119 e. The molecule has 0 aliphatic heterocycles. The monoisotopic (exact) mass is 329 g/mol. The van der Waals surface area contributed by atoms with E-state index in [0.717, 1.165) is 35.1 Å². The van der Waals surface area contributed by atoms with Crippen molar-refractivity contribution in [3.05, 3.63) is 42.0 Å². The quantitative estimate of drug-likeness (QED) is 0.619. The van der Waals surface area contributed by atoms with E-state index in [1.165, 1.54) is 25.7 Å². The largest absolute Gasteiger partial charge is 0.494 e. The van der Waals surface area contributed by atoms with Gasteiger partial charge in [-0.1, -0.05) is 57.7 Å². The van der Waals surface area contributed by atoms with Crippen molar-refractivity contribution >= 4 is 10.8 Å². The highest BCUT2D eigenvalue weighted by Crippen LogP contribution is 2.28. The van der Waals surface area contributed by atoms with Gasteiger partial charge in [-0.15, -0.1) is 0 Å². The summed E-state index contributed by atoms with van der Waals surface area (Å²) < 4.78 is 5.87. The first kappa shape index (κ1) is 18.8. The second-order valence-electron chi connectivity index (χ2n) is 6.65. The molecule has 2 aromatic carbocycles. The van der Waals surface area contributed by atoms with Gasteiger partial charge in [0.05, 0.1) is 18.8 Å². The van der Waals surface area contributed by atoms with Gasteiger partial charge in [0, 0.05) is 0 Å². The Labute approximate surface area is 145 Å². The molecular formula is C21H31NO2. The lowest BCUT2D eigenvalue weighted by molar-refractivity contribution is 0.192. The molecule has 3 nitrogen and oxygen atoms in total. The Morgan fingerprint density at radius 1 is 0.958 bits per heavy atom. The van der Waals surface area contributed by atoms with Crippen LogP contribution in [0.2, 0.25) is 0 Å². The molecule has 0 fully saturated rings. The van der Waals surface area contributed by atoms with Gasteiger partial charge in [-0.2, -0.15) is 0 Å². The van der Waals surface area contributed by atoms with Crippen LogP contribution in [-0.2, 0) is 5.54 Å². The molecule has 0 saturated heterocycles. The maximum absolute atomic E-state index is 9.58. The van der Waals surface area contributed by atoms with Crippen molar-refractivity contribution in [1.29, 1.82) is 0 Å². The summed E-state index contributed by atoms with van der Waals surface area (Å²) in [6, 6.07) is 12.3. The normalized spacial score (nSPS) is 13.8. The zero-order valence-corrected chi connectivity index (χ0v) is 15.1. The molecule has 0 spiro atoms. The van der Waals surface area contributed by atoms with Crippen molar-refractivity contribution in [2.75, 3.05) is 13.2 Å². The average molecular weight is 329 g/mol. The van der Waals surface area contributed by atoms with E-state index in [2.05, 4.69) is 31.2 Å². The second-order valence-corrected chi connectivity index (χ2v) is 6.65. The smallest absolute Gasteiger partial charge is 0.119 e. The first-order chi connectivity index (χ1) is 11.6. The number of hydrogen-bond acceptors (Lipinski definition) is 3. The van der Waals surface area contributed by atoms with E-state index in [1.807, 2.05) is 19.1 Å². The maximum atomic E-state index is 9.58. The summed E-state index contributed by atoms with van der Waals surface area (Å²) >= 11 is 0. The molecule has 2 aromatic rings. The van der Waals surface area contributed by atoms with E-state index in [4.69, 9.17) is 10.5 Å². The molecule has 3 N–H and O–H groups in total. The fourth-order valence-electron chi connectivity index (χ4n) is 2.93. The Kier molecular flexibility index (Phi) is 7.07. The molecule has 0 heterocycles. The van der Waals surface area contributed by atoms with Crippen molar-refractivity contribution in [2.45, 2.75) is 57.9 Å². The first-order valence-corrected chi connectivity index (χ1v) is 9.20. The number of nitrogens with two attached hydrogens (primary N) is 1. The minimum Gasteiger partial charge on any atom is -0.494 e. The molecule has 3 heteroatoms. The van der Waals surface area contributed by atoms with E-state index < -0.39 is 5.54 Å². The average Bonchev–Trinajstić information content (AvgIpc) is 2.63. The van der Waals surface area contributed by atoms with Crippen LogP contribution in [-0.4, -0.2) is 18.3 Å². The highest BCUT2D eigenvalue weighted by molar-refractivity contribution is 5.84. The van der Waals surface area contributed by atoms with E-state index >= 15 is 0 Å². The minimum atomic E-state index is -0.665. The van der Waals surface area contributed by atoms with Gasteiger partial charge in [-0.3, -0.25) is 0 Å². The molecule has 2 rings (SSSR count). The Morgan fingerprint density at radius 3 is 2.38 bits per heavy atom. The number of fused-ring (bicyclic) bond motifs is 1. The molecular weight excluding hydrogens is 298 g/mol. The summed E-state index contributed by atoms with van der Waals surface area (Å²) in [6.07, 6.45) is 6.93. The number of ether oxygens (including phenoxy) is 1. The summed E-state index contributed by atoms with van der Waals surface area (Å²) in [5, 5.41) is 11.8. The number of benzene rings is 2. The Bertz CT molecular complexity index is 635. The molecule has 24 heavy (non-hydrogen) atoms. The van der Waals surface area contributed by atoms with Gasteiger partial charge in [0.25, 0.3) is 0 Å². The topological polar surface area (TPSA) is 55.5 Å². The molecule has 132 valence electrons. The van der Waals surface area contributed by atoms with Gasteiger partial charge >= 0.3 is 0 Å². The number of aliphatic hydroxyl groups is 1. The second kappa shape index (κ2) is 9.05. The van der Waals surface area contributed by atoms with Gasteiger partial charge in [0.2, 0.25) is 0 Å². The standard InChI is InChI=1S/C21H31NO2/c1-3-5-6-7-8-13-24-20-12-10-17-14-19(11-9-18(17)15-20)21(22,4-2)16-23/h9-12,14-15,23H,3-8,13,16,22H2,1-2H3. The lowest BCUT2D eigenvalue weighted by Crippen LogP contribution is -2.39. The zero-order valence-electron chi connectivity index (χ0n) is 15.1. The van der Waals surface area contributed by atoms with Crippen molar-refractivity contribution in [3.63, 3.8) is 0 Å². The predicted octanol–water partition coefficient (Wildman–Crippen LogP) is 4.75. The van der Waals surface area contributed by atoms with Crippen molar-refractivity contribution < 1.29 is 9.84 Å². The lowest BCUT2D eigenvalue weighted by atomic mass is 9.88. The summed E-state index contributed by atoms with van der Waals surface area (Å²) in [5.74, 6) is 0.919. The van der Waals surface area contributed by atoms with Crippen LogP contribution in [0.15, 0.2) is 36.4 Å². The summed E-state index contributed by atoms with van der Waals surface area (Å²) in [6.45, 7) is 4.96. The lowest BCUT2D eigenvalue weighted by Gasteiger charge is -2.26. The zero-order chi connectivity index (χ0) is 17.4. The Balaban J connectivity index is 2.01. The molecule has 0 saturated carbocycles. The molecule has 0 amide bonds. The molecule has 0 aliphatic rings. The van der Waals surface area contributed by atoms with Crippen LogP contribution in [0.5, 0.6) is 5.75 Å². The third-order valence-electron chi connectivity index (χ3n) is 4.82. The van der Waals surface area contributed by atoms with Crippen LogP contribution in [0.4, 0.5) is 0 Å². The van der Waals surface area contributed by atoms with Gasteiger partial charge in [0.15, 0.2) is 0 Å². The summed E-state index contributed by atoms with van der Waals surface area (Å²) in [5.41, 5.74) is 6.59. The van der Waals surface area contributed by atoms with E-state index in [9.17, 15) is 5.11 Å². The number of hydrogen-bond donors (Lipinski definition) is 2. The van der Waals surface area contributed by atoms with Gasteiger partial charge < -0.3 is 15.6 Å². The third kappa shape index (κ3) is 4.71.